The van der Waals surface area contributed by atoms with E-state index in [1.54, 1.807) is 12.5 Å². The second kappa shape index (κ2) is 5.16. The van der Waals surface area contributed by atoms with Crippen LogP contribution in [0.1, 0.15) is 6.42 Å². The fourth-order valence-corrected chi connectivity index (χ4v) is 3.77. The Hall–Kier alpha value is -0.920. The summed E-state index contributed by atoms with van der Waals surface area (Å²) in [5.41, 5.74) is 0. The Labute approximate surface area is 101 Å². The summed E-state index contributed by atoms with van der Waals surface area (Å²) < 4.78 is 24.5. The van der Waals surface area contributed by atoms with Gasteiger partial charge in [0.15, 0.2) is 9.84 Å². The first-order valence-corrected chi connectivity index (χ1v) is 7.46. The molecule has 0 bridgehead atoms. The van der Waals surface area contributed by atoms with Crippen molar-refractivity contribution < 1.29 is 13.5 Å². The van der Waals surface area contributed by atoms with Crippen LogP contribution in [0.3, 0.4) is 0 Å². The third-order valence-corrected chi connectivity index (χ3v) is 4.60. The number of imidazole rings is 1. The molecule has 2 rings (SSSR count). The predicted molar refractivity (Wildman–Crippen MR) is 63.3 cm³/mol. The van der Waals surface area contributed by atoms with Crippen molar-refractivity contribution in [1.82, 2.24) is 14.9 Å². The lowest BCUT2D eigenvalue weighted by Crippen LogP contribution is -2.39. The molecule has 0 spiro atoms. The smallest absolute Gasteiger partial charge is 0.154 e. The zero-order chi connectivity index (χ0) is 12.3. The highest BCUT2D eigenvalue weighted by Crippen LogP contribution is 2.12. The number of hydrogen-bond donors (Lipinski definition) is 2. The molecule has 2 heterocycles. The first-order valence-electron chi connectivity index (χ1n) is 5.64. The van der Waals surface area contributed by atoms with Gasteiger partial charge in [-0.2, -0.15) is 0 Å². The summed E-state index contributed by atoms with van der Waals surface area (Å²) in [6.45, 7) is 1.53. The fourth-order valence-electron chi connectivity index (χ4n) is 1.99. The second-order valence-corrected chi connectivity index (χ2v) is 6.51. The first kappa shape index (κ1) is 12.5. The quantitative estimate of drug-likeness (QED) is 0.664. The van der Waals surface area contributed by atoms with Crippen molar-refractivity contribution in [2.45, 2.75) is 25.1 Å². The molecular formula is C10H17N3O3S. The first-order chi connectivity index (χ1) is 8.07. The van der Waals surface area contributed by atoms with Gasteiger partial charge >= 0.3 is 0 Å². The lowest BCUT2D eigenvalue weighted by molar-refractivity contribution is 0.166. The average molecular weight is 259 g/mol. The minimum absolute atomic E-state index is 0.0409. The van der Waals surface area contributed by atoms with Crippen molar-refractivity contribution in [2.24, 2.45) is 0 Å². The second-order valence-electron chi connectivity index (χ2n) is 4.36. The molecule has 7 heteroatoms. The molecule has 0 aromatic carbocycles. The summed E-state index contributed by atoms with van der Waals surface area (Å²) in [6, 6.07) is -0.317. The number of nitrogens with one attached hydrogen (secondary N) is 1. The maximum atomic E-state index is 11.3. The van der Waals surface area contributed by atoms with Crippen LogP contribution in [0.4, 0.5) is 0 Å². The molecule has 0 aliphatic carbocycles. The number of aliphatic hydroxyl groups excluding tert-OH is 1. The Morgan fingerprint density at radius 2 is 2.29 bits per heavy atom. The van der Waals surface area contributed by atoms with Gasteiger partial charge in [-0.25, -0.2) is 13.4 Å². The number of aromatic nitrogens is 2. The van der Waals surface area contributed by atoms with E-state index < -0.39 is 15.9 Å². The van der Waals surface area contributed by atoms with Crippen LogP contribution in [0.15, 0.2) is 18.7 Å². The van der Waals surface area contributed by atoms with Crippen LogP contribution in [0, 0.1) is 0 Å². The number of aryl methyl sites for hydroxylation is 1. The van der Waals surface area contributed by atoms with Gasteiger partial charge in [0.1, 0.15) is 0 Å². The van der Waals surface area contributed by atoms with E-state index in [1.165, 1.54) is 0 Å². The number of hydrogen-bond acceptors (Lipinski definition) is 5. The van der Waals surface area contributed by atoms with E-state index in [0.717, 1.165) is 13.0 Å². The lowest BCUT2D eigenvalue weighted by atomic mass is 10.2. The van der Waals surface area contributed by atoms with Crippen LogP contribution in [0.5, 0.6) is 0 Å². The number of aliphatic hydroxyl groups is 1. The SMILES string of the molecule is O=S1(=O)C[C@H](NCCCn2ccnc2)[C@@H](O)C1. The molecule has 1 aliphatic rings. The Bertz CT molecular complexity index is 443. The summed E-state index contributed by atoms with van der Waals surface area (Å²) in [5, 5.41) is 12.6. The van der Waals surface area contributed by atoms with Gasteiger partial charge in [-0.05, 0) is 13.0 Å². The highest BCUT2D eigenvalue weighted by molar-refractivity contribution is 7.91. The topological polar surface area (TPSA) is 84.2 Å². The van der Waals surface area contributed by atoms with Crippen LogP contribution in [0.2, 0.25) is 0 Å². The number of sulfone groups is 1. The maximum Gasteiger partial charge on any atom is 0.154 e. The van der Waals surface area contributed by atoms with E-state index in [1.807, 2.05) is 10.8 Å². The van der Waals surface area contributed by atoms with Gasteiger partial charge in [0.05, 0.1) is 23.9 Å². The van der Waals surface area contributed by atoms with E-state index in [-0.39, 0.29) is 17.5 Å². The summed E-state index contributed by atoms with van der Waals surface area (Å²) in [4.78, 5) is 3.93. The average Bonchev–Trinajstić information content (AvgIpc) is 2.81. The van der Waals surface area contributed by atoms with Crippen LogP contribution >= 0.6 is 0 Å². The van der Waals surface area contributed by atoms with E-state index in [2.05, 4.69) is 10.3 Å². The van der Waals surface area contributed by atoms with Gasteiger partial charge < -0.3 is 15.0 Å². The Morgan fingerprint density at radius 3 is 2.88 bits per heavy atom. The summed E-state index contributed by atoms with van der Waals surface area (Å²) >= 11 is 0. The third kappa shape index (κ3) is 3.52. The Balaban J connectivity index is 1.69. The molecule has 0 amide bonds. The van der Waals surface area contributed by atoms with Crippen molar-refractivity contribution in [2.75, 3.05) is 18.1 Å². The molecule has 1 fully saturated rings. The van der Waals surface area contributed by atoms with Crippen LogP contribution < -0.4 is 5.32 Å². The largest absolute Gasteiger partial charge is 0.390 e. The van der Waals surface area contributed by atoms with Crippen LogP contribution in [0.25, 0.3) is 0 Å². The number of rotatable bonds is 5. The standard InChI is InChI=1S/C10H17N3O3S/c14-10-7-17(15,16)6-9(10)12-2-1-4-13-5-3-11-8-13/h3,5,8-10,12,14H,1-2,4,6-7H2/t9-,10-/m0/s1. The molecule has 96 valence electrons. The van der Waals surface area contributed by atoms with Crippen molar-refractivity contribution in [3.8, 4) is 0 Å². The van der Waals surface area contributed by atoms with E-state index in [0.29, 0.717) is 6.54 Å². The number of nitrogens with zero attached hydrogens (tertiary/aromatic N) is 2. The van der Waals surface area contributed by atoms with Crippen LogP contribution in [-0.4, -0.2) is 53.3 Å². The van der Waals surface area contributed by atoms with Crippen molar-refractivity contribution in [1.29, 1.82) is 0 Å². The van der Waals surface area contributed by atoms with Crippen LogP contribution in [-0.2, 0) is 16.4 Å². The Morgan fingerprint density at radius 1 is 1.47 bits per heavy atom. The van der Waals surface area contributed by atoms with E-state index >= 15 is 0 Å². The van der Waals surface area contributed by atoms with Crippen molar-refractivity contribution in [3.63, 3.8) is 0 Å². The molecule has 17 heavy (non-hydrogen) atoms. The van der Waals surface area contributed by atoms with Gasteiger partial charge in [-0.1, -0.05) is 0 Å². The molecule has 2 atom stereocenters. The molecule has 0 saturated carbocycles. The maximum absolute atomic E-state index is 11.3. The van der Waals surface area contributed by atoms with Gasteiger partial charge in [0, 0.05) is 25.0 Å². The van der Waals surface area contributed by atoms with E-state index in [9.17, 15) is 13.5 Å². The predicted octanol–water partition coefficient (Wildman–Crippen LogP) is -0.979. The molecule has 6 nitrogen and oxygen atoms in total. The zero-order valence-electron chi connectivity index (χ0n) is 9.49. The molecule has 0 radical (unpaired) electrons. The summed E-state index contributed by atoms with van der Waals surface area (Å²) in [6.07, 6.45) is 5.46. The minimum Gasteiger partial charge on any atom is -0.390 e. The molecule has 2 N–H and O–H groups in total. The van der Waals surface area contributed by atoms with Gasteiger partial charge in [-0.3, -0.25) is 0 Å². The Kier molecular flexibility index (Phi) is 3.80. The molecule has 1 aromatic heterocycles. The molecule has 1 saturated heterocycles. The van der Waals surface area contributed by atoms with Crippen molar-refractivity contribution in [3.05, 3.63) is 18.7 Å². The monoisotopic (exact) mass is 259 g/mol. The van der Waals surface area contributed by atoms with E-state index in [4.69, 9.17) is 0 Å². The molecular weight excluding hydrogens is 242 g/mol. The third-order valence-electron chi connectivity index (χ3n) is 2.88. The normalized spacial score (nSPS) is 27.4. The zero-order valence-corrected chi connectivity index (χ0v) is 10.3. The molecule has 0 unspecified atom stereocenters. The minimum atomic E-state index is -3.05. The van der Waals surface area contributed by atoms with Gasteiger partial charge in [0.2, 0.25) is 0 Å². The fraction of sp³-hybridized carbons (Fsp3) is 0.700. The highest BCUT2D eigenvalue weighted by atomic mass is 32.2. The van der Waals surface area contributed by atoms with Gasteiger partial charge in [-0.15, -0.1) is 0 Å². The summed E-state index contributed by atoms with van der Waals surface area (Å²) in [7, 11) is -3.05. The van der Waals surface area contributed by atoms with Gasteiger partial charge in [0.25, 0.3) is 0 Å². The molecule has 1 aliphatic heterocycles. The highest BCUT2D eigenvalue weighted by Gasteiger charge is 2.35. The lowest BCUT2D eigenvalue weighted by Gasteiger charge is -2.14. The summed E-state index contributed by atoms with van der Waals surface area (Å²) in [5.74, 6) is -0.0779. The van der Waals surface area contributed by atoms with Crippen molar-refractivity contribution >= 4 is 9.84 Å². The molecule has 1 aromatic rings.